The van der Waals surface area contributed by atoms with Crippen molar-refractivity contribution in [2.24, 2.45) is 10.7 Å². The van der Waals surface area contributed by atoms with Crippen LogP contribution in [-0.2, 0) is 4.84 Å². The maximum atomic E-state index is 5.18. The first-order valence-corrected chi connectivity index (χ1v) is 2.22. The van der Waals surface area contributed by atoms with Gasteiger partial charge in [0.15, 0.2) is 5.84 Å². The summed E-state index contributed by atoms with van der Waals surface area (Å²) in [5.41, 5.74) is 7.66. The number of amidine groups is 1. The largest absolute Gasteiger partial charge is 0.361 e. The third-order valence-electron chi connectivity index (χ3n) is 0.740. The van der Waals surface area contributed by atoms with Gasteiger partial charge in [-0.3, -0.25) is 0 Å². The van der Waals surface area contributed by atoms with Gasteiger partial charge in [0.1, 0.15) is 0 Å². The quantitative estimate of drug-likeness (QED) is 0.475. The molecular formula is C4H7N3O. The molecule has 0 spiro atoms. The Bertz CT molecular complexity index is 140. The van der Waals surface area contributed by atoms with Crippen molar-refractivity contribution >= 4 is 5.84 Å². The van der Waals surface area contributed by atoms with Crippen molar-refractivity contribution in [2.45, 2.75) is 0 Å². The highest BCUT2D eigenvalue weighted by atomic mass is 16.7. The average molecular weight is 113 g/mol. The van der Waals surface area contributed by atoms with Gasteiger partial charge < -0.3 is 10.6 Å². The molecule has 0 atom stereocenters. The monoisotopic (exact) mass is 113 g/mol. The summed E-state index contributed by atoms with van der Waals surface area (Å²) in [6.45, 7) is 3.78. The van der Waals surface area contributed by atoms with Crippen LogP contribution in [0.1, 0.15) is 0 Å². The molecule has 1 aliphatic heterocycles. The number of rotatable bonds is 1. The Morgan fingerprint density at radius 1 is 1.88 bits per heavy atom. The molecule has 0 unspecified atom stereocenters. The summed E-state index contributed by atoms with van der Waals surface area (Å²) in [5, 5.41) is 0. The van der Waals surface area contributed by atoms with E-state index in [1.54, 1.807) is 0 Å². The number of nitrogens with two attached hydrogens (primary N) is 1. The van der Waals surface area contributed by atoms with E-state index in [1.165, 1.54) is 0 Å². The van der Waals surface area contributed by atoms with Crippen LogP contribution in [0.5, 0.6) is 0 Å². The Kier molecular flexibility index (Phi) is 1.17. The number of hydrogen-bond acceptors (Lipinski definition) is 4. The van der Waals surface area contributed by atoms with Gasteiger partial charge in [-0.2, -0.15) is 4.99 Å². The van der Waals surface area contributed by atoms with Crippen molar-refractivity contribution < 1.29 is 4.84 Å². The normalized spacial score (nSPS) is 17.1. The van der Waals surface area contributed by atoms with Crippen molar-refractivity contribution in [1.29, 1.82) is 0 Å². The van der Waals surface area contributed by atoms with Gasteiger partial charge in [-0.1, -0.05) is 0 Å². The van der Waals surface area contributed by atoms with Gasteiger partial charge in [-0.05, 0) is 6.58 Å². The number of nitrogens with one attached hydrogen (secondary N) is 1. The molecule has 44 valence electrons. The molecule has 8 heavy (non-hydrogen) atoms. The number of hydroxylamine groups is 1. The third-order valence-corrected chi connectivity index (χ3v) is 0.740. The van der Waals surface area contributed by atoms with Gasteiger partial charge in [0.05, 0.1) is 6.54 Å². The minimum atomic E-state index is 0.360. The lowest BCUT2D eigenvalue weighted by molar-refractivity contribution is 0.178. The summed E-state index contributed by atoms with van der Waals surface area (Å²) in [4.78, 5) is 8.40. The first kappa shape index (κ1) is 5.11. The van der Waals surface area contributed by atoms with Crippen LogP contribution in [0.25, 0.3) is 0 Å². The first-order valence-electron chi connectivity index (χ1n) is 2.22. The van der Waals surface area contributed by atoms with Crippen LogP contribution < -0.4 is 11.2 Å². The summed E-state index contributed by atoms with van der Waals surface area (Å²) in [7, 11) is 0. The lowest BCUT2D eigenvalue weighted by atomic mass is 10.6. The lowest BCUT2D eigenvalue weighted by Crippen LogP contribution is -2.24. The Morgan fingerprint density at radius 3 is 2.88 bits per heavy atom. The van der Waals surface area contributed by atoms with Gasteiger partial charge in [-0.15, -0.1) is 0 Å². The topological polar surface area (TPSA) is 59.6 Å². The molecule has 0 radical (unpaired) electrons. The number of aliphatic imine (C=N–C) groups is 1. The molecule has 4 heteroatoms. The third kappa shape index (κ3) is 0.788. The van der Waals surface area contributed by atoms with E-state index in [0.29, 0.717) is 18.3 Å². The van der Waals surface area contributed by atoms with Crippen LogP contribution in [0.3, 0.4) is 0 Å². The minimum Gasteiger partial charge on any atom is -0.361 e. The molecule has 0 bridgehead atoms. The van der Waals surface area contributed by atoms with E-state index >= 15 is 0 Å². The number of nitrogens with zero attached hydrogens (tertiary/aromatic N) is 1. The highest BCUT2D eigenvalue weighted by Crippen LogP contribution is 1.98. The van der Waals surface area contributed by atoms with Gasteiger partial charge in [0.25, 0.3) is 0 Å². The zero-order chi connectivity index (χ0) is 5.98. The molecule has 0 aromatic rings. The van der Waals surface area contributed by atoms with Gasteiger partial charge in [0.2, 0.25) is 5.88 Å². The molecule has 1 heterocycles. The van der Waals surface area contributed by atoms with Crippen LogP contribution in [-0.4, -0.2) is 12.4 Å². The Hall–Kier alpha value is -1.03. The highest BCUT2D eigenvalue weighted by Gasteiger charge is 2.05. The molecule has 0 aromatic heterocycles. The van der Waals surface area contributed by atoms with Crippen LogP contribution in [0.15, 0.2) is 17.5 Å². The van der Waals surface area contributed by atoms with E-state index in [0.717, 1.165) is 0 Å². The highest BCUT2D eigenvalue weighted by molar-refractivity contribution is 5.84. The van der Waals surface area contributed by atoms with Gasteiger partial charge in [-0.25, -0.2) is 5.48 Å². The second-order valence-corrected chi connectivity index (χ2v) is 1.36. The zero-order valence-corrected chi connectivity index (χ0v) is 4.35. The van der Waals surface area contributed by atoms with E-state index in [-0.39, 0.29) is 0 Å². The van der Waals surface area contributed by atoms with E-state index in [2.05, 4.69) is 21.9 Å². The summed E-state index contributed by atoms with van der Waals surface area (Å²) >= 11 is 0. The van der Waals surface area contributed by atoms with Crippen molar-refractivity contribution in [3.63, 3.8) is 0 Å². The molecule has 1 aliphatic rings. The van der Waals surface area contributed by atoms with Crippen LogP contribution in [0.2, 0.25) is 0 Å². The molecule has 3 N–H and O–H groups in total. The average Bonchev–Trinajstić information content (AvgIpc) is 2.14. The fourth-order valence-electron chi connectivity index (χ4n) is 0.401. The Balaban J connectivity index is 2.57. The van der Waals surface area contributed by atoms with E-state index < -0.39 is 0 Å². The predicted octanol–water partition coefficient (Wildman–Crippen LogP) is -0.650. The Labute approximate surface area is 47.0 Å². The van der Waals surface area contributed by atoms with Crippen molar-refractivity contribution in [3.05, 3.63) is 12.5 Å². The molecule has 0 aliphatic carbocycles. The van der Waals surface area contributed by atoms with Gasteiger partial charge in [0, 0.05) is 0 Å². The number of hydrogen-bond donors (Lipinski definition) is 2. The van der Waals surface area contributed by atoms with Crippen LogP contribution >= 0.6 is 0 Å². The fraction of sp³-hybridized carbons (Fsp3) is 0.250. The van der Waals surface area contributed by atoms with Crippen molar-refractivity contribution in [2.75, 3.05) is 6.54 Å². The molecule has 0 amide bonds. The molecular weight excluding hydrogens is 106 g/mol. The van der Waals surface area contributed by atoms with Crippen LogP contribution in [0.4, 0.5) is 0 Å². The molecule has 4 nitrogen and oxygen atoms in total. The first-order chi connectivity index (χ1) is 3.83. The van der Waals surface area contributed by atoms with E-state index in [1.807, 2.05) is 0 Å². The van der Waals surface area contributed by atoms with E-state index in [4.69, 9.17) is 5.73 Å². The maximum absolute atomic E-state index is 5.18. The second kappa shape index (κ2) is 1.83. The summed E-state index contributed by atoms with van der Waals surface area (Å²) < 4.78 is 0. The standard InChI is InChI=1S/C4H7N3O/c1-3-6-4(2-5)7-8-3/h1-2,5H2,(H,6,7). The van der Waals surface area contributed by atoms with Crippen molar-refractivity contribution in [1.82, 2.24) is 5.48 Å². The molecule has 0 saturated heterocycles. The van der Waals surface area contributed by atoms with Crippen LogP contribution in [0, 0.1) is 0 Å². The summed E-state index contributed by atoms with van der Waals surface area (Å²) in [6, 6.07) is 0. The smallest absolute Gasteiger partial charge is 0.240 e. The second-order valence-electron chi connectivity index (χ2n) is 1.36. The fourth-order valence-corrected chi connectivity index (χ4v) is 0.401. The zero-order valence-electron chi connectivity index (χ0n) is 4.35. The van der Waals surface area contributed by atoms with E-state index in [9.17, 15) is 0 Å². The lowest BCUT2D eigenvalue weighted by Gasteiger charge is -1.92. The Morgan fingerprint density at radius 2 is 2.62 bits per heavy atom. The molecule has 0 saturated carbocycles. The van der Waals surface area contributed by atoms with Gasteiger partial charge >= 0.3 is 0 Å². The maximum Gasteiger partial charge on any atom is 0.240 e. The minimum absolute atomic E-state index is 0.360. The molecule has 0 aromatic carbocycles. The summed E-state index contributed by atoms with van der Waals surface area (Å²) in [5.74, 6) is 0.987. The van der Waals surface area contributed by atoms with Crippen molar-refractivity contribution in [3.8, 4) is 0 Å². The summed E-state index contributed by atoms with van der Waals surface area (Å²) in [6.07, 6.45) is 0. The SMILES string of the molecule is C=C1N=C(CN)NO1. The molecule has 0 fully saturated rings. The predicted molar refractivity (Wildman–Crippen MR) is 29.9 cm³/mol. The molecule has 1 rings (SSSR count).